The first-order chi connectivity index (χ1) is 14.6. The molecule has 0 aromatic heterocycles. The summed E-state index contributed by atoms with van der Waals surface area (Å²) in [6.45, 7) is 0.810. The lowest BCUT2D eigenvalue weighted by Gasteiger charge is -2.13. The molecule has 0 fully saturated rings. The number of carbonyl (C=O) groups excluding carboxylic acids is 1. The number of nitrogens with zero attached hydrogens (tertiary/aromatic N) is 1. The number of hydrogen-bond acceptors (Lipinski definition) is 6. The lowest BCUT2D eigenvalue weighted by molar-refractivity contribution is -0.384. The molecular weight excluding hydrogens is 386 g/mol. The second-order valence-electron chi connectivity index (χ2n) is 6.27. The third kappa shape index (κ3) is 5.33. The van der Waals surface area contributed by atoms with Gasteiger partial charge in [-0.05, 0) is 36.4 Å². The molecule has 154 valence electrons. The van der Waals surface area contributed by atoms with E-state index in [1.807, 2.05) is 18.2 Å². The fraction of sp³-hybridized carbons (Fsp3) is 0.136. The molecule has 3 aromatic rings. The van der Waals surface area contributed by atoms with Crippen molar-refractivity contribution >= 4 is 23.0 Å². The lowest BCUT2D eigenvalue weighted by Crippen LogP contribution is -2.14. The molecule has 0 unspecified atom stereocenters. The van der Waals surface area contributed by atoms with E-state index >= 15 is 0 Å². The molecule has 30 heavy (non-hydrogen) atoms. The van der Waals surface area contributed by atoms with Gasteiger partial charge in [0.25, 0.3) is 11.6 Å². The SMILES string of the molecule is COCCNc1ccc(C(=O)Nc2ccccc2Oc2ccccc2)cc1[N+](=O)[O-]. The van der Waals surface area contributed by atoms with Crippen molar-refractivity contribution < 1.29 is 19.2 Å². The maximum Gasteiger partial charge on any atom is 0.293 e. The first kappa shape index (κ1) is 20.8. The zero-order valence-corrected chi connectivity index (χ0v) is 16.3. The Labute approximate surface area is 173 Å². The Balaban J connectivity index is 1.79. The van der Waals surface area contributed by atoms with Crippen LogP contribution in [0.1, 0.15) is 10.4 Å². The summed E-state index contributed by atoms with van der Waals surface area (Å²) in [6, 6.07) is 20.4. The van der Waals surface area contributed by atoms with Crippen molar-refractivity contribution in [2.45, 2.75) is 0 Å². The third-order valence-electron chi connectivity index (χ3n) is 4.18. The third-order valence-corrected chi connectivity index (χ3v) is 4.18. The summed E-state index contributed by atoms with van der Waals surface area (Å²) in [4.78, 5) is 23.6. The molecule has 8 nitrogen and oxygen atoms in total. The number of nitrogens with one attached hydrogen (secondary N) is 2. The number of nitro groups is 1. The zero-order chi connectivity index (χ0) is 21.3. The molecule has 3 aromatic carbocycles. The number of anilines is 2. The smallest absolute Gasteiger partial charge is 0.293 e. The average Bonchev–Trinajstić information content (AvgIpc) is 2.76. The summed E-state index contributed by atoms with van der Waals surface area (Å²) in [6.07, 6.45) is 0. The van der Waals surface area contributed by atoms with Crippen LogP contribution in [-0.2, 0) is 4.74 Å². The van der Waals surface area contributed by atoms with Gasteiger partial charge in [-0.25, -0.2) is 0 Å². The van der Waals surface area contributed by atoms with Crippen LogP contribution >= 0.6 is 0 Å². The highest BCUT2D eigenvalue weighted by molar-refractivity contribution is 6.05. The maximum atomic E-state index is 12.7. The molecule has 8 heteroatoms. The molecule has 0 atom stereocenters. The highest BCUT2D eigenvalue weighted by Crippen LogP contribution is 2.30. The van der Waals surface area contributed by atoms with Gasteiger partial charge in [0.05, 0.1) is 17.2 Å². The van der Waals surface area contributed by atoms with E-state index in [9.17, 15) is 14.9 Å². The van der Waals surface area contributed by atoms with Gasteiger partial charge in [0.15, 0.2) is 5.75 Å². The van der Waals surface area contributed by atoms with Gasteiger partial charge in [-0.2, -0.15) is 0 Å². The van der Waals surface area contributed by atoms with Crippen LogP contribution in [0.5, 0.6) is 11.5 Å². The van der Waals surface area contributed by atoms with Crippen molar-refractivity contribution in [3.63, 3.8) is 0 Å². The summed E-state index contributed by atoms with van der Waals surface area (Å²) in [5.41, 5.74) is 0.749. The standard InChI is InChI=1S/C22H21N3O5/c1-29-14-13-23-18-12-11-16(15-20(18)25(27)28)22(26)24-19-9-5-6-10-21(19)30-17-7-3-2-4-8-17/h2-12,15,23H,13-14H2,1H3,(H,24,26). The van der Waals surface area contributed by atoms with Crippen LogP contribution in [0, 0.1) is 10.1 Å². The van der Waals surface area contributed by atoms with Crippen molar-refractivity contribution in [2.24, 2.45) is 0 Å². The van der Waals surface area contributed by atoms with E-state index in [2.05, 4.69) is 10.6 Å². The number of nitro benzene ring substituents is 1. The summed E-state index contributed by atoms with van der Waals surface area (Å²) >= 11 is 0. The minimum Gasteiger partial charge on any atom is -0.455 e. The van der Waals surface area contributed by atoms with Crippen LogP contribution < -0.4 is 15.4 Å². The molecule has 3 rings (SSSR count). The van der Waals surface area contributed by atoms with E-state index in [0.29, 0.717) is 36.0 Å². The van der Waals surface area contributed by atoms with Crippen LogP contribution in [0.3, 0.4) is 0 Å². The van der Waals surface area contributed by atoms with E-state index in [4.69, 9.17) is 9.47 Å². The highest BCUT2D eigenvalue weighted by atomic mass is 16.6. The van der Waals surface area contributed by atoms with Gasteiger partial charge in [0.1, 0.15) is 11.4 Å². The van der Waals surface area contributed by atoms with E-state index in [1.54, 1.807) is 43.5 Å². The molecular formula is C22H21N3O5. The predicted molar refractivity (Wildman–Crippen MR) is 114 cm³/mol. The normalized spacial score (nSPS) is 10.3. The van der Waals surface area contributed by atoms with E-state index in [1.165, 1.54) is 18.2 Å². The Morgan fingerprint density at radius 1 is 1.00 bits per heavy atom. The number of para-hydroxylation sites is 3. The van der Waals surface area contributed by atoms with Crippen molar-refractivity contribution in [1.29, 1.82) is 0 Å². The van der Waals surface area contributed by atoms with Gasteiger partial charge in [0, 0.05) is 25.3 Å². The Morgan fingerprint density at radius 2 is 1.73 bits per heavy atom. The van der Waals surface area contributed by atoms with Crippen LogP contribution in [0.25, 0.3) is 0 Å². The molecule has 0 aliphatic carbocycles. The Hall–Kier alpha value is -3.91. The first-order valence-corrected chi connectivity index (χ1v) is 9.23. The number of rotatable bonds is 9. The van der Waals surface area contributed by atoms with E-state index in [-0.39, 0.29) is 11.3 Å². The summed E-state index contributed by atoms with van der Waals surface area (Å²) in [5.74, 6) is 0.608. The Kier molecular flexibility index (Phi) is 6.96. The van der Waals surface area contributed by atoms with Gasteiger partial charge in [-0.3, -0.25) is 14.9 Å². The van der Waals surface area contributed by atoms with Crippen LogP contribution in [0.4, 0.5) is 17.1 Å². The van der Waals surface area contributed by atoms with Crippen LogP contribution in [0.15, 0.2) is 72.8 Å². The van der Waals surface area contributed by atoms with Crippen molar-refractivity contribution in [2.75, 3.05) is 30.9 Å². The number of carbonyl (C=O) groups is 1. The van der Waals surface area contributed by atoms with Gasteiger partial charge in [-0.1, -0.05) is 30.3 Å². The summed E-state index contributed by atoms with van der Waals surface area (Å²) in [7, 11) is 1.54. The van der Waals surface area contributed by atoms with E-state index in [0.717, 1.165) is 0 Å². The zero-order valence-electron chi connectivity index (χ0n) is 16.3. The van der Waals surface area contributed by atoms with Crippen molar-refractivity contribution in [3.8, 4) is 11.5 Å². The molecule has 0 aliphatic rings. The fourth-order valence-corrected chi connectivity index (χ4v) is 2.73. The van der Waals surface area contributed by atoms with Crippen molar-refractivity contribution in [3.05, 3.63) is 88.5 Å². The van der Waals surface area contributed by atoms with E-state index < -0.39 is 10.8 Å². The summed E-state index contributed by atoms with van der Waals surface area (Å²) in [5, 5.41) is 17.1. The molecule has 1 amide bonds. The minimum absolute atomic E-state index is 0.161. The molecule has 0 saturated carbocycles. The van der Waals surface area contributed by atoms with Gasteiger partial charge in [0.2, 0.25) is 0 Å². The van der Waals surface area contributed by atoms with Crippen LogP contribution in [0.2, 0.25) is 0 Å². The van der Waals surface area contributed by atoms with Crippen LogP contribution in [-0.4, -0.2) is 31.1 Å². The average molecular weight is 407 g/mol. The molecule has 0 saturated heterocycles. The molecule has 2 N–H and O–H groups in total. The maximum absolute atomic E-state index is 12.7. The first-order valence-electron chi connectivity index (χ1n) is 9.23. The quantitative estimate of drug-likeness (QED) is 0.303. The monoisotopic (exact) mass is 407 g/mol. The number of hydrogen-bond donors (Lipinski definition) is 2. The molecule has 0 bridgehead atoms. The summed E-state index contributed by atoms with van der Waals surface area (Å²) < 4.78 is 10.8. The topological polar surface area (TPSA) is 103 Å². The Bertz CT molecular complexity index is 1020. The number of benzene rings is 3. The molecule has 0 heterocycles. The predicted octanol–water partition coefficient (Wildman–Crippen LogP) is 4.70. The molecule has 0 spiro atoms. The fourth-order valence-electron chi connectivity index (χ4n) is 2.73. The van der Waals surface area contributed by atoms with Crippen molar-refractivity contribution in [1.82, 2.24) is 0 Å². The largest absolute Gasteiger partial charge is 0.455 e. The number of methoxy groups -OCH3 is 1. The van der Waals surface area contributed by atoms with Gasteiger partial charge >= 0.3 is 0 Å². The van der Waals surface area contributed by atoms with Gasteiger partial charge in [-0.15, -0.1) is 0 Å². The number of ether oxygens (including phenoxy) is 2. The lowest BCUT2D eigenvalue weighted by atomic mass is 10.1. The highest BCUT2D eigenvalue weighted by Gasteiger charge is 2.18. The van der Waals surface area contributed by atoms with Gasteiger partial charge < -0.3 is 20.1 Å². The molecule has 0 aliphatic heterocycles. The number of amides is 1. The molecule has 0 radical (unpaired) electrons. The second-order valence-corrected chi connectivity index (χ2v) is 6.27. The minimum atomic E-state index is -0.529. The second kappa shape index (κ2) is 10.0. The Morgan fingerprint density at radius 3 is 2.47 bits per heavy atom.